The maximum atomic E-state index is 5.67. The molecule has 0 aromatic heterocycles. The normalized spacial score (nSPS) is 17.0. The maximum Gasteiger partial charge on any atom is 0.106 e. The number of fused-ring (bicyclic) bond motifs is 2. The average molecular weight is 476 g/mol. The second-order valence-electron chi connectivity index (χ2n) is 8.44. The number of hydrogen-bond acceptors (Lipinski definition) is 4. The highest BCUT2D eigenvalue weighted by atomic mass is 35.5. The van der Waals surface area contributed by atoms with Crippen LogP contribution in [0.1, 0.15) is 51.5 Å². The van der Waals surface area contributed by atoms with Gasteiger partial charge in [0.05, 0.1) is 11.4 Å². The van der Waals surface area contributed by atoms with Crippen molar-refractivity contribution in [1.82, 2.24) is 10.2 Å². The molecule has 1 atom stereocenters. The molecule has 0 amide bonds. The van der Waals surface area contributed by atoms with Crippen LogP contribution in [0, 0.1) is 0 Å². The summed E-state index contributed by atoms with van der Waals surface area (Å²) in [6.45, 7) is 9.02. The molecule has 0 spiro atoms. The van der Waals surface area contributed by atoms with Gasteiger partial charge in [0.2, 0.25) is 0 Å². The predicted octanol–water partition coefficient (Wildman–Crippen LogP) is 6.65. The molecule has 2 heterocycles. The van der Waals surface area contributed by atoms with E-state index in [1.54, 1.807) is 0 Å². The Balaban J connectivity index is 0.00000272. The third kappa shape index (κ3) is 5.75. The smallest absolute Gasteiger partial charge is 0.106 e. The minimum atomic E-state index is 0. The summed E-state index contributed by atoms with van der Waals surface area (Å²) in [6.07, 6.45) is 6.49. The van der Waals surface area contributed by atoms with E-state index in [9.17, 15) is 0 Å². The molecule has 0 bridgehead atoms. The highest BCUT2D eigenvalue weighted by Gasteiger charge is 2.28. The summed E-state index contributed by atoms with van der Waals surface area (Å²) in [5.74, 6) is 0. The first-order valence-electron chi connectivity index (χ1n) is 11.4. The molecule has 1 unspecified atom stereocenters. The summed E-state index contributed by atoms with van der Waals surface area (Å²) in [6, 6.07) is 15.9. The van der Waals surface area contributed by atoms with E-state index in [0.29, 0.717) is 6.04 Å². The number of halogens is 1. The summed E-state index contributed by atoms with van der Waals surface area (Å²) in [5.41, 5.74) is 3.73. The van der Waals surface area contributed by atoms with Gasteiger partial charge in [0.15, 0.2) is 0 Å². The number of hydrogen-bond donors (Lipinski definition) is 1. The highest BCUT2D eigenvalue weighted by molar-refractivity contribution is 7.99. The molecule has 3 nitrogen and oxygen atoms in total. The third-order valence-electron chi connectivity index (χ3n) is 6.02. The van der Waals surface area contributed by atoms with Crippen molar-refractivity contribution in [2.45, 2.75) is 61.8 Å². The zero-order chi connectivity index (χ0) is 20.9. The van der Waals surface area contributed by atoms with Crippen molar-refractivity contribution in [3.05, 3.63) is 48.0 Å². The zero-order valence-electron chi connectivity index (χ0n) is 18.6. The molecule has 1 saturated heterocycles. The van der Waals surface area contributed by atoms with Gasteiger partial charge in [-0.2, -0.15) is 0 Å². The van der Waals surface area contributed by atoms with Crippen LogP contribution in [-0.2, 0) is 0 Å². The van der Waals surface area contributed by atoms with Crippen molar-refractivity contribution in [2.75, 3.05) is 31.1 Å². The van der Waals surface area contributed by atoms with E-state index in [-0.39, 0.29) is 12.4 Å². The third-order valence-corrected chi connectivity index (χ3v) is 7.53. The standard InChI is InChI=1S/C25H33N3S2.ClH/c1-3-14-26-25(29)20-12-13-24-22(17-20)28(21-10-6-7-11-23(21)30-24)19(2)18-27-15-8-4-5-9-16-27;/h6-7,10-13,17,19H,3-5,8-9,14-16,18H2,1-2H3,(H,26,29);1H. The average Bonchev–Trinajstić information content (AvgIpc) is 3.03. The van der Waals surface area contributed by atoms with E-state index in [1.807, 2.05) is 11.8 Å². The van der Waals surface area contributed by atoms with Crippen molar-refractivity contribution < 1.29 is 0 Å². The van der Waals surface area contributed by atoms with E-state index in [1.165, 1.54) is 59.9 Å². The van der Waals surface area contributed by atoms with Crippen LogP contribution in [0.4, 0.5) is 11.4 Å². The van der Waals surface area contributed by atoms with Crippen LogP contribution in [0.3, 0.4) is 0 Å². The Bertz CT molecular complexity index is 881. The Labute approximate surface area is 203 Å². The first-order chi connectivity index (χ1) is 14.7. The molecule has 0 radical (unpaired) electrons. The summed E-state index contributed by atoms with van der Waals surface area (Å²) >= 11 is 7.55. The molecule has 2 aromatic rings. The number of nitrogens with zero attached hydrogens (tertiary/aromatic N) is 2. The number of rotatable bonds is 6. The van der Waals surface area contributed by atoms with Gasteiger partial charge in [-0.15, -0.1) is 12.4 Å². The fraction of sp³-hybridized carbons (Fsp3) is 0.480. The molecule has 31 heavy (non-hydrogen) atoms. The molecule has 4 rings (SSSR count). The Morgan fingerprint density at radius 2 is 1.74 bits per heavy atom. The van der Waals surface area contributed by atoms with Gasteiger partial charge in [0.1, 0.15) is 4.99 Å². The van der Waals surface area contributed by atoms with Crippen molar-refractivity contribution >= 4 is 52.8 Å². The van der Waals surface area contributed by atoms with Crippen LogP contribution in [-0.4, -0.2) is 42.1 Å². The first-order valence-corrected chi connectivity index (χ1v) is 12.6. The van der Waals surface area contributed by atoms with Gasteiger partial charge in [0.25, 0.3) is 0 Å². The van der Waals surface area contributed by atoms with Gasteiger partial charge in [0, 0.05) is 34.5 Å². The van der Waals surface area contributed by atoms with Gasteiger partial charge in [-0.3, -0.25) is 0 Å². The largest absolute Gasteiger partial charge is 0.376 e. The highest BCUT2D eigenvalue weighted by Crippen LogP contribution is 2.49. The Morgan fingerprint density at radius 3 is 2.48 bits per heavy atom. The van der Waals surface area contributed by atoms with Gasteiger partial charge >= 0.3 is 0 Å². The molecule has 0 saturated carbocycles. The van der Waals surface area contributed by atoms with Crippen molar-refractivity contribution in [3.8, 4) is 0 Å². The van der Waals surface area contributed by atoms with Crippen LogP contribution < -0.4 is 10.2 Å². The molecule has 2 aliphatic heterocycles. The van der Waals surface area contributed by atoms with E-state index in [2.05, 4.69) is 71.4 Å². The molecule has 2 aliphatic rings. The van der Waals surface area contributed by atoms with E-state index < -0.39 is 0 Å². The van der Waals surface area contributed by atoms with Crippen LogP contribution in [0.15, 0.2) is 52.3 Å². The fourth-order valence-electron chi connectivity index (χ4n) is 4.51. The Morgan fingerprint density at radius 1 is 1.03 bits per heavy atom. The fourth-order valence-corrected chi connectivity index (χ4v) is 5.79. The Kier molecular flexibility index (Phi) is 9.08. The summed E-state index contributed by atoms with van der Waals surface area (Å²) in [7, 11) is 0. The molecule has 2 aromatic carbocycles. The van der Waals surface area contributed by atoms with Crippen LogP contribution in [0.25, 0.3) is 0 Å². The molecule has 6 heteroatoms. The van der Waals surface area contributed by atoms with Crippen molar-refractivity contribution in [2.24, 2.45) is 0 Å². The van der Waals surface area contributed by atoms with Gasteiger partial charge in [-0.1, -0.05) is 61.9 Å². The minimum Gasteiger partial charge on any atom is -0.376 e. The quantitative estimate of drug-likeness (QED) is 0.470. The number of anilines is 2. The van der Waals surface area contributed by atoms with E-state index >= 15 is 0 Å². The zero-order valence-corrected chi connectivity index (χ0v) is 21.1. The van der Waals surface area contributed by atoms with Crippen molar-refractivity contribution in [3.63, 3.8) is 0 Å². The molecule has 1 fully saturated rings. The summed E-state index contributed by atoms with van der Waals surface area (Å²) in [5, 5.41) is 3.39. The first kappa shape index (κ1) is 24.4. The molecule has 0 aliphatic carbocycles. The predicted molar refractivity (Wildman–Crippen MR) is 141 cm³/mol. The number of likely N-dealkylation sites (tertiary alicyclic amines) is 1. The lowest BCUT2D eigenvalue weighted by atomic mass is 10.1. The van der Waals surface area contributed by atoms with Gasteiger partial charge in [-0.05, 0) is 63.5 Å². The Hall–Kier alpha value is -1.27. The topological polar surface area (TPSA) is 18.5 Å². The molecular formula is C25H34ClN3S2. The lowest BCUT2D eigenvalue weighted by molar-refractivity contribution is 0.271. The number of para-hydroxylation sites is 1. The number of thiocarbonyl (C=S) groups is 1. The maximum absolute atomic E-state index is 5.67. The summed E-state index contributed by atoms with van der Waals surface area (Å²) < 4.78 is 0. The van der Waals surface area contributed by atoms with Gasteiger partial charge in [-0.25, -0.2) is 0 Å². The lowest BCUT2D eigenvalue weighted by Gasteiger charge is -2.39. The van der Waals surface area contributed by atoms with Crippen LogP contribution in [0.5, 0.6) is 0 Å². The number of benzene rings is 2. The summed E-state index contributed by atoms with van der Waals surface area (Å²) in [4.78, 5) is 8.73. The number of nitrogens with one attached hydrogen (secondary N) is 1. The SMILES string of the molecule is CCCNC(=S)c1ccc2c(c1)N(C(C)CN1CCCCCC1)c1ccccc1S2.Cl. The van der Waals surface area contributed by atoms with E-state index in [4.69, 9.17) is 12.2 Å². The van der Waals surface area contributed by atoms with Crippen molar-refractivity contribution in [1.29, 1.82) is 0 Å². The molecular weight excluding hydrogens is 442 g/mol. The van der Waals surface area contributed by atoms with Crippen LogP contribution in [0.2, 0.25) is 0 Å². The second kappa shape index (κ2) is 11.6. The molecule has 168 valence electrons. The lowest BCUT2D eigenvalue weighted by Crippen LogP contribution is -2.41. The monoisotopic (exact) mass is 475 g/mol. The van der Waals surface area contributed by atoms with Crippen LogP contribution >= 0.6 is 36.4 Å². The second-order valence-corrected chi connectivity index (χ2v) is 9.93. The van der Waals surface area contributed by atoms with Gasteiger partial charge < -0.3 is 15.1 Å². The minimum absolute atomic E-state index is 0. The molecule has 1 N–H and O–H groups in total. The van der Waals surface area contributed by atoms with E-state index in [0.717, 1.165) is 30.1 Å².